The number of nitrogens with two attached hydrogens (primary N) is 1. The van der Waals surface area contributed by atoms with E-state index < -0.39 is 15.9 Å². The van der Waals surface area contributed by atoms with Crippen molar-refractivity contribution in [1.29, 1.82) is 0 Å². The number of hydrogen-bond donors (Lipinski definition) is 2. The lowest BCUT2D eigenvalue weighted by Crippen LogP contribution is -2.31. The molecule has 10 heteroatoms. The molecule has 124 valence electrons. The van der Waals surface area contributed by atoms with Crippen molar-refractivity contribution in [2.24, 2.45) is 5.14 Å². The van der Waals surface area contributed by atoms with Gasteiger partial charge in [-0.1, -0.05) is 0 Å². The molecule has 2 aromatic heterocycles. The van der Waals surface area contributed by atoms with E-state index >= 15 is 0 Å². The van der Waals surface area contributed by atoms with Gasteiger partial charge in [0.1, 0.15) is 11.4 Å². The van der Waals surface area contributed by atoms with Crippen molar-refractivity contribution in [2.75, 3.05) is 30.3 Å². The van der Waals surface area contributed by atoms with E-state index in [1.54, 1.807) is 6.20 Å². The van der Waals surface area contributed by atoms with Gasteiger partial charge in [0.05, 0.1) is 11.9 Å². The average Bonchev–Trinajstić information content (AvgIpc) is 3.14. The molecule has 0 aliphatic carbocycles. The number of aromatic nitrogens is 3. The molecule has 9 nitrogen and oxygen atoms in total. The average molecular weight is 338 g/mol. The van der Waals surface area contributed by atoms with Gasteiger partial charge in [-0.25, -0.2) is 23.1 Å². The van der Waals surface area contributed by atoms with Crippen LogP contribution in [0.1, 0.15) is 23.2 Å². The van der Waals surface area contributed by atoms with E-state index in [1.165, 1.54) is 10.7 Å². The Bertz CT molecular complexity index is 825. The third-order valence-corrected chi connectivity index (χ3v) is 4.47. The molecule has 0 saturated carbocycles. The van der Waals surface area contributed by atoms with Gasteiger partial charge in [-0.3, -0.25) is 4.79 Å². The molecule has 1 aliphatic heterocycles. The van der Waals surface area contributed by atoms with Gasteiger partial charge in [0, 0.05) is 25.8 Å². The predicted molar refractivity (Wildman–Crippen MR) is 84.7 cm³/mol. The normalized spacial score (nSPS) is 15.3. The molecular formula is C13H18N6O3S. The van der Waals surface area contributed by atoms with Crippen LogP contribution in [0.3, 0.4) is 0 Å². The minimum Gasteiger partial charge on any atom is -0.357 e. The number of sulfonamides is 1. The van der Waals surface area contributed by atoms with Gasteiger partial charge in [-0.2, -0.15) is 5.10 Å². The largest absolute Gasteiger partial charge is 0.357 e. The number of rotatable bonds is 5. The van der Waals surface area contributed by atoms with Crippen molar-refractivity contribution in [3.8, 4) is 0 Å². The van der Waals surface area contributed by atoms with E-state index in [1.807, 2.05) is 6.07 Å². The van der Waals surface area contributed by atoms with Crippen molar-refractivity contribution in [3.05, 3.63) is 24.0 Å². The zero-order valence-electron chi connectivity index (χ0n) is 12.5. The maximum absolute atomic E-state index is 12.2. The molecule has 0 aromatic carbocycles. The summed E-state index contributed by atoms with van der Waals surface area (Å²) in [5.41, 5.74) is 0.753. The summed E-state index contributed by atoms with van der Waals surface area (Å²) in [6, 6.07) is 1.87. The Morgan fingerprint density at radius 3 is 2.78 bits per heavy atom. The summed E-state index contributed by atoms with van der Waals surface area (Å²) >= 11 is 0. The molecule has 1 amide bonds. The molecule has 1 aliphatic rings. The highest BCUT2D eigenvalue weighted by Crippen LogP contribution is 2.19. The van der Waals surface area contributed by atoms with Crippen molar-refractivity contribution in [2.45, 2.75) is 12.8 Å². The Hall–Kier alpha value is -2.20. The van der Waals surface area contributed by atoms with Crippen molar-refractivity contribution in [1.82, 2.24) is 19.9 Å². The molecule has 23 heavy (non-hydrogen) atoms. The molecule has 2 aromatic rings. The van der Waals surface area contributed by atoms with Crippen LogP contribution in [-0.2, 0) is 10.0 Å². The van der Waals surface area contributed by atoms with Crippen LogP contribution in [0.4, 0.5) is 5.82 Å². The highest BCUT2D eigenvalue weighted by molar-refractivity contribution is 7.89. The van der Waals surface area contributed by atoms with Crippen LogP contribution in [0.5, 0.6) is 0 Å². The van der Waals surface area contributed by atoms with E-state index in [4.69, 9.17) is 5.14 Å². The molecule has 1 saturated heterocycles. The fourth-order valence-electron chi connectivity index (χ4n) is 2.54. The summed E-state index contributed by atoms with van der Waals surface area (Å²) in [5, 5.41) is 11.5. The monoisotopic (exact) mass is 338 g/mol. The Morgan fingerprint density at radius 2 is 2.09 bits per heavy atom. The Kier molecular flexibility index (Phi) is 4.18. The lowest BCUT2D eigenvalue weighted by molar-refractivity contribution is 0.0957. The number of hydrogen-bond acceptors (Lipinski definition) is 6. The van der Waals surface area contributed by atoms with Crippen LogP contribution >= 0.6 is 0 Å². The first kappa shape index (κ1) is 15.7. The van der Waals surface area contributed by atoms with E-state index in [9.17, 15) is 13.2 Å². The molecule has 0 spiro atoms. The van der Waals surface area contributed by atoms with E-state index in [0.717, 1.165) is 31.7 Å². The van der Waals surface area contributed by atoms with E-state index in [2.05, 4.69) is 20.3 Å². The summed E-state index contributed by atoms with van der Waals surface area (Å²) < 4.78 is 23.3. The highest BCUT2D eigenvalue weighted by Gasteiger charge is 2.18. The Balaban J connectivity index is 1.80. The molecule has 3 N–H and O–H groups in total. The highest BCUT2D eigenvalue weighted by atomic mass is 32.2. The van der Waals surface area contributed by atoms with E-state index in [-0.39, 0.29) is 12.3 Å². The maximum Gasteiger partial charge on any atom is 0.256 e. The van der Waals surface area contributed by atoms with Crippen molar-refractivity contribution < 1.29 is 13.2 Å². The van der Waals surface area contributed by atoms with Gasteiger partial charge >= 0.3 is 0 Å². The third-order valence-electron chi connectivity index (χ3n) is 3.70. The maximum atomic E-state index is 12.2. The van der Waals surface area contributed by atoms with Gasteiger partial charge in [0.2, 0.25) is 10.0 Å². The number of anilines is 1. The van der Waals surface area contributed by atoms with Gasteiger partial charge in [-0.05, 0) is 18.9 Å². The standard InChI is InChI=1S/C13H18N6O3S/c14-23(21,22)8-4-15-13(20)10-9-16-19-7-3-11(17-12(10)19)18-5-1-2-6-18/h3,7,9H,1-2,4-6,8H2,(H,15,20)(H2,14,21,22). The lowest BCUT2D eigenvalue weighted by atomic mass is 10.3. The third kappa shape index (κ3) is 3.59. The molecule has 0 atom stereocenters. The lowest BCUT2D eigenvalue weighted by Gasteiger charge is -2.16. The van der Waals surface area contributed by atoms with Crippen LogP contribution in [-0.4, -0.2) is 54.3 Å². The first-order valence-electron chi connectivity index (χ1n) is 7.32. The minimum absolute atomic E-state index is 0.0547. The zero-order valence-corrected chi connectivity index (χ0v) is 13.3. The smallest absolute Gasteiger partial charge is 0.256 e. The molecule has 0 radical (unpaired) electrons. The summed E-state index contributed by atoms with van der Waals surface area (Å²) in [4.78, 5) is 18.9. The molecule has 3 heterocycles. The molecule has 3 rings (SSSR count). The fourth-order valence-corrected chi connectivity index (χ4v) is 2.93. The summed E-state index contributed by atoms with van der Waals surface area (Å²) in [6.07, 6.45) is 5.44. The van der Waals surface area contributed by atoms with Gasteiger partial charge in [0.15, 0.2) is 5.65 Å². The minimum atomic E-state index is -3.61. The zero-order chi connectivity index (χ0) is 16.4. The van der Waals surface area contributed by atoms with Gasteiger partial charge in [0.25, 0.3) is 5.91 Å². The second-order valence-electron chi connectivity index (χ2n) is 5.43. The first-order chi connectivity index (χ1) is 10.9. The molecule has 1 fully saturated rings. The van der Waals surface area contributed by atoms with Crippen LogP contribution in [0.2, 0.25) is 0 Å². The number of nitrogens with one attached hydrogen (secondary N) is 1. The SMILES string of the molecule is NS(=O)(=O)CCNC(=O)c1cnn2ccc(N3CCCC3)nc12. The summed E-state index contributed by atoms with van der Waals surface area (Å²) in [5.74, 6) is 0.0773. The summed E-state index contributed by atoms with van der Waals surface area (Å²) in [7, 11) is -3.61. The second-order valence-corrected chi connectivity index (χ2v) is 7.16. The molecule has 0 bridgehead atoms. The quantitative estimate of drug-likeness (QED) is 0.747. The van der Waals surface area contributed by atoms with Gasteiger partial charge in [-0.15, -0.1) is 0 Å². The summed E-state index contributed by atoms with van der Waals surface area (Å²) in [6.45, 7) is 1.85. The van der Waals surface area contributed by atoms with Crippen LogP contribution in [0.25, 0.3) is 5.65 Å². The fraction of sp³-hybridized carbons (Fsp3) is 0.462. The number of fused-ring (bicyclic) bond motifs is 1. The number of carbonyl (C=O) groups is 1. The number of nitrogens with zero attached hydrogens (tertiary/aromatic N) is 4. The van der Waals surface area contributed by atoms with Gasteiger partial charge < -0.3 is 10.2 Å². The number of carbonyl (C=O) groups excluding carboxylic acids is 1. The van der Waals surface area contributed by atoms with Crippen LogP contribution in [0, 0.1) is 0 Å². The Morgan fingerprint density at radius 1 is 1.35 bits per heavy atom. The second kappa shape index (κ2) is 6.13. The van der Waals surface area contributed by atoms with Crippen molar-refractivity contribution in [3.63, 3.8) is 0 Å². The van der Waals surface area contributed by atoms with Crippen molar-refractivity contribution >= 4 is 27.4 Å². The molecule has 0 unspecified atom stereocenters. The first-order valence-corrected chi connectivity index (χ1v) is 9.03. The topological polar surface area (TPSA) is 123 Å². The van der Waals surface area contributed by atoms with Crippen LogP contribution in [0.15, 0.2) is 18.5 Å². The number of amides is 1. The van der Waals surface area contributed by atoms with Crippen LogP contribution < -0.4 is 15.4 Å². The van der Waals surface area contributed by atoms with E-state index in [0.29, 0.717) is 11.2 Å². The Labute approximate surface area is 133 Å². The molecular weight excluding hydrogens is 320 g/mol. The predicted octanol–water partition coefficient (Wildman–Crippen LogP) is -0.652. The number of primary sulfonamides is 1.